The predicted octanol–water partition coefficient (Wildman–Crippen LogP) is 6.99. The van der Waals surface area contributed by atoms with E-state index in [2.05, 4.69) is 47.6 Å². The van der Waals surface area contributed by atoms with Gasteiger partial charge in [-0.1, -0.05) is 53.2 Å². The molecule has 1 N–H and O–H groups in total. The molecule has 0 spiro atoms. The van der Waals surface area contributed by atoms with Gasteiger partial charge in [-0.25, -0.2) is 0 Å². The van der Waals surface area contributed by atoms with Crippen LogP contribution in [0.2, 0.25) is 0 Å². The molecule has 5 heteroatoms. The first kappa shape index (κ1) is 26.9. The molecule has 0 aromatic rings. The summed E-state index contributed by atoms with van der Waals surface area (Å²) in [7, 11) is 0. The van der Waals surface area contributed by atoms with Crippen molar-refractivity contribution in [3.8, 4) is 0 Å². The quantitative estimate of drug-likeness (QED) is 0.326. The minimum Gasteiger partial charge on any atom is -0.481 e. The largest absolute Gasteiger partial charge is 0.481 e. The number of aliphatic carboxylic acids is 1. The Kier molecular flexibility index (Phi) is 5.95. The second-order valence-electron chi connectivity index (χ2n) is 15.3. The van der Waals surface area contributed by atoms with Crippen LogP contribution in [0.15, 0.2) is 11.6 Å². The van der Waals surface area contributed by atoms with Gasteiger partial charge in [0, 0.05) is 24.2 Å². The van der Waals surface area contributed by atoms with Gasteiger partial charge in [0.15, 0.2) is 0 Å². The molecule has 0 heterocycles. The van der Waals surface area contributed by atoms with Crippen molar-refractivity contribution in [3.63, 3.8) is 0 Å². The number of carbonyl (C=O) groups excluding carboxylic acids is 2. The van der Waals surface area contributed by atoms with Gasteiger partial charge in [0.05, 0.1) is 12.0 Å². The topological polar surface area (TPSA) is 80.7 Å². The number of hydrogen-bond acceptors (Lipinski definition) is 4. The number of Topliss-reactive ketones (excluding diaryl/α,β-unsaturated/α-hetero) is 1. The Labute approximate surface area is 223 Å². The zero-order valence-electron chi connectivity index (χ0n) is 24.2. The lowest BCUT2D eigenvalue weighted by Crippen LogP contribution is -2.66. The minimum atomic E-state index is -0.643. The molecule has 5 aliphatic carbocycles. The Morgan fingerprint density at radius 2 is 1.65 bits per heavy atom. The van der Waals surface area contributed by atoms with Gasteiger partial charge < -0.3 is 9.84 Å². The fourth-order valence-electron chi connectivity index (χ4n) is 10.6. The number of allylic oxidation sites excluding steroid dienone is 2. The van der Waals surface area contributed by atoms with Crippen molar-refractivity contribution in [1.82, 2.24) is 0 Å². The Morgan fingerprint density at radius 3 is 2.30 bits per heavy atom. The van der Waals surface area contributed by atoms with Gasteiger partial charge in [-0.05, 0) is 91.8 Å². The Bertz CT molecular complexity index is 1050. The van der Waals surface area contributed by atoms with Crippen LogP contribution in [-0.2, 0) is 19.1 Å². The van der Waals surface area contributed by atoms with Gasteiger partial charge in [-0.2, -0.15) is 0 Å². The molecular weight excluding hydrogens is 464 g/mol. The highest BCUT2D eigenvalue weighted by Crippen LogP contribution is 2.75. The molecule has 0 aromatic carbocycles. The summed E-state index contributed by atoms with van der Waals surface area (Å²) < 4.78 is 5.85. The first-order valence-electron chi connectivity index (χ1n) is 14.7. The summed E-state index contributed by atoms with van der Waals surface area (Å²) in [5.41, 5.74) is 0.124. The fourth-order valence-corrected chi connectivity index (χ4v) is 10.6. The van der Waals surface area contributed by atoms with E-state index in [9.17, 15) is 19.5 Å². The van der Waals surface area contributed by atoms with E-state index in [1.165, 1.54) is 12.5 Å². The second-order valence-corrected chi connectivity index (χ2v) is 15.3. The van der Waals surface area contributed by atoms with Crippen LogP contribution in [0.4, 0.5) is 0 Å². The van der Waals surface area contributed by atoms with Gasteiger partial charge in [-0.15, -0.1) is 0 Å². The highest BCUT2D eigenvalue weighted by Gasteiger charge is 2.70. The van der Waals surface area contributed by atoms with Crippen molar-refractivity contribution < 1.29 is 24.2 Å². The maximum atomic E-state index is 13.1. The maximum absolute atomic E-state index is 13.1. The molecule has 4 fully saturated rings. The lowest BCUT2D eigenvalue weighted by molar-refractivity contribution is -0.208. The molecule has 5 aliphatic rings. The van der Waals surface area contributed by atoms with Crippen molar-refractivity contribution in [2.24, 2.45) is 50.2 Å². The SMILES string of the molecule is CC(=O)OC[C@]12CCC(=O)C(C)(C)C1CC[C@]1(C)[C@@H]2CC=C2[C@H]3CC(C)(C)CC[C@]3(C(=O)O)CC[C@]21C. The van der Waals surface area contributed by atoms with Crippen LogP contribution in [0.1, 0.15) is 113 Å². The lowest BCUT2D eigenvalue weighted by atomic mass is 9.33. The van der Waals surface area contributed by atoms with E-state index in [1.54, 1.807) is 0 Å². The normalized spacial score (nSPS) is 45.9. The van der Waals surface area contributed by atoms with Crippen molar-refractivity contribution in [2.45, 2.75) is 113 Å². The summed E-state index contributed by atoms with van der Waals surface area (Å²) in [6, 6.07) is 0. The number of ether oxygens (including phenoxy) is 1. The lowest BCUT2D eigenvalue weighted by Gasteiger charge is -2.70. The summed E-state index contributed by atoms with van der Waals surface area (Å²) >= 11 is 0. The zero-order chi connectivity index (χ0) is 27.2. The van der Waals surface area contributed by atoms with Crippen molar-refractivity contribution >= 4 is 17.7 Å². The Morgan fingerprint density at radius 1 is 0.973 bits per heavy atom. The van der Waals surface area contributed by atoms with Crippen LogP contribution in [0.5, 0.6) is 0 Å². The standard InChI is InChI=1S/C32H48O5/c1-20(33)37-19-32-13-11-25(34)28(4,5)23(32)10-12-30(7)24(32)9-8-21-22-18-27(2,3)14-16-31(22,26(35)36)17-15-29(21,30)6/h8,22-24H,9-19H2,1-7H3,(H,35,36)/t22-,23?,24+,29-,30-,31+,32-/m1/s1. The number of carboxylic acids is 1. The molecule has 0 aromatic heterocycles. The van der Waals surface area contributed by atoms with Crippen molar-refractivity contribution in [1.29, 1.82) is 0 Å². The van der Waals surface area contributed by atoms with Crippen LogP contribution in [0, 0.1) is 50.2 Å². The Hall–Kier alpha value is -1.65. The molecule has 7 atom stereocenters. The third kappa shape index (κ3) is 3.50. The first-order valence-corrected chi connectivity index (χ1v) is 14.7. The number of fused-ring (bicyclic) bond motifs is 7. The molecule has 37 heavy (non-hydrogen) atoms. The highest BCUT2D eigenvalue weighted by atomic mass is 16.5. The molecule has 0 aliphatic heterocycles. The van der Waals surface area contributed by atoms with E-state index in [4.69, 9.17) is 4.74 Å². The second kappa shape index (κ2) is 8.18. The van der Waals surface area contributed by atoms with E-state index in [0.717, 1.165) is 57.8 Å². The fraction of sp³-hybridized carbons (Fsp3) is 0.844. The predicted molar refractivity (Wildman–Crippen MR) is 143 cm³/mol. The zero-order valence-corrected chi connectivity index (χ0v) is 24.2. The summed E-state index contributed by atoms with van der Waals surface area (Å²) in [5, 5.41) is 10.6. The van der Waals surface area contributed by atoms with E-state index in [0.29, 0.717) is 24.7 Å². The smallest absolute Gasteiger partial charge is 0.310 e. The molecule has 206 valence electrons. The van der Waals surface area contributed by atoms with Crippen LogP contribution >= 0.6 is 0 Å². The van der Waals surface area contributed by atoms with Crippen LogP contribution in [0.3, 0.4) is 0 Å². The summed E-state index contributed by atoms with van der Waals surface area (Å²) in [6.45, 7) is 15.6. The monoisotopic (exact) mass is 512 g/mol. The number of carboxylic acid groups (broad SMARTS) is 1. The molecule has 4 saturated carbocycles. The highest BCUT2D eigenvalue weighted by molar-refractivity contribution is 5.85. The van der Waals surface area contributed by atoms with Crippen LogP contribution in [-0.4, -0.2) is 29.4 Å². The van der Waals surface area contributed by atoms with Gasteiger partial charge in [-0.3, -0.25) is 14.4 Å². The van der Waals surface area contributed by atoms with E-state index < -0.39 is 16.8 Å². The number of ketones is 1. The first-order chi connectivity index (χ1) is 17.1. The minimum absolute atomic E-state index is 0.0313. The van der Waals surface area contributed by atoms with E-state index >= 15 is 0 Å². The average molecular weight is 513 g/mol. The molecule has 0 bridgehead atoms. The van der Waals surface area contributed by atoms with E-state index in [-0.39, 0.29) is 39.5 Å². The Balaban J connectivity index is 1.63. The van der Waals surface area contributed by atoms with E-state index in [1.807, 2.05) is 0 Å². The molecule has 0 radical (unpaired) electrons. The average Bonchev–Trinajstić information content (AvgIpc) is 2.80. The third-order valence-electron chi connectivity index (χ3n) is 13.1. The van der Waals surface area contributed by atoms with Gasteiger partial charge in [0.25, 0.3) is 0 Å². The molecule has 0 saturated heterocycles. The van der Waals surface area contributed by atoms with Gasteiger partial charge in [0.1, 0.15) is 5.78 Å². The van der Waals surface area contributed by atoms with Crippen LogP contribution < -0.4 is 0 Å². The summed E-state index contributed by atoms with van der Waals surface area (Å²) in [5.74, 6) is 0.0520. The van der Waals surface area contributed by atoms with Crippen molar-refractivity contribution in [2.75, 3.05) is 6.61 Å². The summed E-state index contributed by atoms with van der Waals surface area (Å²) in [4.78, 5) is 38.0. The molecule has 1 unspecified atom stereocenters. The molecule has 0 amide bonds. The van der Waals surface area contributed by atoms with Gasteiger partial charge >= 0.3 is 11.9 Å². The molecular formula is C32H48O5. The van der Waals surface area contributed by atoms with Crippen molar-refractivity contribution in [3.05, 3.63) is 11.6 Å². The van der Waals surface area contributed by atoms with Crippen LogP contribution in [0.25, 0.3) is 0 Å². The maximum Gasteiger partial charge on any atom is 0.310 e. The number of hydrogen-bond donors (Lipinski definition) is 1. The molecule has 5 rings (SSSR count). The number of rotatable bonds is 3. The molecule has 5 nitrogen and oxygen atoms in total. The number of carbonyl (C=O) groups is 3. The summed E-state index contributed by atoms with van der Waals surface area (Å²) in [6.07, 6.45) is 10.9. The third-order valence-corrected chi connectivity index (χ3v) is 13.1. The van der Waals surface area contributed by atoms with Gasteiger partial charge in [0.2, 0.25) is 0 Å². The number of esters is 1.